The molecule has 2 amide bonds. The van der Waals surface area contributed by atoms with Crippen LogP contribution in [0.2, 0.25) is 0 Å². The molecule has 44 heavy (non-hydrogen) atoms. The first-order valence-corrected chi connectivity index (χ1v) is 16.3. The monoisotopic (exact) mass is 616 g/mol. The topological polar surface area (TPSA) is 131 Å². The van der Waals surface area contributed by atoms with Gasteiger partial charge in [0.2, 0.25) is 0 Å². The molecule has 0 bridgehead atoms. The van der Waals surface area contributed by atoms with Gasteiger partial charge in [0.25, 0.3) is 11.8 Å². The number of hydrogen-bond acceptors (Lipinski definition) is 8. The molecule has 2 aromatic heterocycles. The molecule has 0 saturated carbocycles. The van der Waals surface area contributed by atoms with Crippen molar-refractivity contribution in [3.63, 3.8) is 0 Å². The lowest BCUT2D eigenvalue weighted by molar-refractivity contribution is -0.144. The van der Waals surface area contributed by atoms with Crippen LogP contribution in [-0.4, -0.2) is 69.6 Å². The van der Waals surface area contributed by atoms with Gasteiger partial charge in [0.15, 0.2) is 5.76 Å². The number of amides is 2. The van der Waals surface area contributed by atoms with E-state index in [-0.39, 0.29) is 40.1 Å². The Morgan fingerprint density at radius 3 is 2.77 bits per heavy atom. The molecular formula is C33H36N4O6S. The number of furan rings is 1. The van der Waals surface area contributed by atoms with E-state index < -0.39 is 15.6 Å². The number of likely N-dealkylation sites (tertiary alicyclic amines) is 1. The van der Waals surface area contributed by atoms with Crippen LogP contribution in [0.5, 0.6) is 0 Å². The molecule has 2 unspecified atom stereocenters. The van der Waals surface area contributed by atoms with E-state index in [1.165, 1.54) is 19.6 Å². The summed E-state index contributed by atoms with van der Waals surface area (Å²) in [6, 6.07) is 10.6. The molecule has 1 aliphatic heterocycles. The van der Waals surface area contributed by atoms with Gasteiger partial charge >= 0.3 is 5.97 Å². The number of aromatic nitrogens is 1. The van der Waals surface area contributed by atoms with E-state index in [0.717, 1.165) is 24.1 Å². The van der Waals surface area contributed by atoms with Crippen molar-refractivity contribution in [2.75, 3.05) is 37.8 Å². The van der Waals surface area contributed by atoms with Crippen LogP contribution < -0.4 is 5.32 Å². The highest BCUT2D eigenvalue weighted by Crippen LogP contribution is 2.25. The molecule has 0 radical (unpaired) electrons. The second-order valence-corrected chi connectivity index (χ2v) is 13.5. The molecule has 3 aromatic rings. The summed E-state index contributed by atoms with van der Waals surface area (Å²) in [6.07, 6.45) is 13.9. The summed E-state index contributed by atoms with van der Waals surface area (Å²) in [5, 5.41) is 2.45. The number of aryl methyl sites for hydroxylation is 1. The number of anilines is 1. The fraction of sp³-hybridized carbons (Fsp3) is 0.333. The lowest BCUT2D eigenvalue weighted by atomic mass is 10.1. The van der Waals surface area contributed by atoms with Crippen molar-refractivity contribution >= 4 is 33.2 Å². The van der Waals surface area contributed by atoms with Crippen molar-refractivity contribution in [3.8, 4) is 11.1 Å². The van der Waals surface area contributed by atoms with E-state index in [0.29, 0.717) is 37.2 Å². The summed E-state index contributed by atoms with van der Waals surface area (Å²) in [5.41, 5.74) is 2.90. The van der Waals surface area contributed by atoms with Gasteiger partial charge in [-0.15, -0.1) is 0 Å². The van der Waals surface area contributed by atoms with Crippen LogP contribution in [0.3, 0.4) is 0 Å². The number of rotatable bonds is 10. The summed E-state index contributed by atoms with van der Waals surface area (Å²) in [6.45, 7) is 3.84. The molecule has 1 aliphatic carbocycles. The number of carbonyl (C=O) groups excluding carboxylic acids is 3. The van der Waals surface area contributed by atoms with Gasteiger partial charge in [0, 0.05) is 41.5 Å². The third kappa shape index (κ3) is 7.40. The predicted octanol–water partition coefficient (Wildman–Crippen LogP) is 5.28. The minimum absolute atomic E-state index is 0.140. The number of carbonyl (C=O) groups is 3. The van der Waals surface area contributed by atoms with Crippen LogP contribution in [0.1, 0.15) is 45.7 Å². The lowest BCUT2D eigenvalue weighted by Crippen LogP contribution is -2.29. The predicted molar refractivity (Wildman–Crippen MR) is 169 cm³/mol. The number of pyridine rings is 1. The van der Waals surface area contributed by atoms with Crippen molar-refractivity contribution in [2.45, 2.75) is 31.4 Å². The fourth-order valence-corrected chi connectivity index (χ4v) is 7.67. The Labute approximate surface area is 257 Å². The zero-order valence-corrected chi connectivity index (χ0v) is 25.6. The Morgan fingerprint density at radius 2 is 2.02 bits per heavy atom. The largest absolute Gasteiger partial charge is 0.469 e. The Morgan fingerprint density at radius 1 is 1.16 bits per heavy atom. The number of hydrogen-bond donors (Lipinski definition) is 1. The first-order chi connectivity index (χ1) is 21.3. The normalized spacial score (nSPS) is 19.3. The summed E-state index contributed by atoms with van der Waals surface area (Å²) < 4.78 is 28.8. The van der Waals surface area contributed by atoms with Crippen LogP contribution in [0.4, 0.5) is 5.69 Å². The van der Waals surface area contributed by atoms with Crippen LogP contribution >= 0.6 is 0 Å². The summed E-state index contributed by atoms with van der Waals surface area (Å²) >= 11 is 0. The maximum atomic E-state index is 14.3. The van der Waals surface area contributed by atoms with Crippen LogP contribution in [0.25, 0.3) is 11.1 Å². The summed E-state index contributed by atoms with van der Waals surface area (Å²) in [4.78, 5) is 44.4. The number of nitrogens with one attached hydrogen (secondary N) is 1. The van der Waals surface area contributed by atoms with E-state index in [1.807, 2.05) is 30.4 Å². The van der Waals surface area contributed by atoms with Crippen LogP contribution in [0, 0.1) is 12.8 Å². The SMILES string of the molecule is COC(=O)C1CCN(CCC[S@@](=O)(=NC(=O)c2cncc(-c3cccc(NC(=O)c4occc4C)c3)c2)C2C=CC=CC2)C1. The minimum atomic E-state index is -2.95. The first kappa shape index (κ1) is 31.1. The van der Waals surface area contributed by atoms with Gasteiger partial charge in [0.05, 0.1) is 39.8 Å². The van der Waals surface area contributed by atoms with E-state index >= 15 is 0 Å². The molecule has 1 aromatic carbocycles. The Hall–Kier alpha value is -4.35. The Balaban J connectivity index is 1.32. The molecule has 5 rings (SSSR count). The van der Waals surface area contributed by atoms with Crippen molar-refractivity contribution < 1.29 is 27.7 Å². The van der Waals surface area contributed by atoms with Crippen molar-refractivity contribution in [1.82, 2.24) is 9.88 Å². The number of methoxy groups -OCH3 is 1. The third-order valence-electron chi connectivity index (χ3n) is 7.88. The van der Waals surface area contributed by atoms with Gasteiger partial charge in [-0.3, -0.25) is 19.4 Å². The smallest absolute Gasteiger partial charge is 0.310 e. The molecular weight excluding hydrogens is 580 g/mol. The molecule has 230 valence electrons. The highest BCUT2D eigenvalue weighted by Gasteiger charge is 2.29. The van der Waals surface area contributed by atoms with E-state index in [9.17, 15) is 18.6 Å². The first-order valence-electron chi connectivity index (χ1n) is 14.6. The summed E-state index contributed by atoms with van der Waals surface area (Å²) in [7, 11) is -1.55. The molecule has 10 nitrogen and oxygen atoms in total. The second kappa shape index (κ2) is 14.0. The third-order valence-corrected chi connectivity index (χ3v) is 10.5. The maximum absolute atomic E-state index is 14.3. The second-order valence-electron chi connectivity index (χ2n) is 11.0. The molecule has 2 aliphatic rings. The van der Waals surface area contributed by atoms with Crippen molar-refractivity contribution in [3.05, 3.63) is 96.2 Å². The number of esters is 1. The maximum Gasteiger partial charge on any atom is 0.310 e. The van der Waals surface area contributed by atoms with E-state index in [2.05, 4.69) is 19.6 Å². The molecule has 1 N–H and O–H groups in total. The molecule has 3 heterocycles. The van der Waals surface area contributed by atoms with Crippen molar-refractivity contribution in [2.24, 2.45) is 10.3 Å². The molecule has 1 fully saturated rings. The zero-order chi connectivity index (χ0) is 31.1. The van der Waals surface area contributed by atoms with Gasteiger partial charge in [-0.1, -0.05) is 36.4 Å². The number of nitrogens with zero attached hydrogens (tertiary/aromatic N) is 3. The summed E-state index contributed by atoms with van der Waals surface area (Å²) in [5.74, 6) is -0.794. The Kier molecular flexibility index (Phi) is 9.86. The van der Waals surface area contributed by atoms with Gasteiger partial charge in [-0.2, -0.15) is 4.36 Å². The van der Waals surface area contributed by atoms with Gasteiger partial charge in [-0.25, -0.2) is 4.21 Å². The molecule has 11 heteroatoms. The highest BCUT2D eigenvalue weighted by atomic mass is 32.2. The van der Waals surface area contributed by atoms with Crippen molar-refractivity contribution in [1.29, 1.82) is 0 Å². The zero-order valence-electron chi connectivity index (χ0n) is 24.8. The van der Waals surface area contributed by atoms with Gasteiger partial charge < -0.3 is 19.4 Å². The van der Waals surface area contributed by atoms with Gasteiger partial charge in [0.1, 0.15) is 0 Å². The standard InChI is InChI=1S/C33H36N4O6S/c1-23-13-16-43-30(23)32(39)35-28-9-6-8-24(19-28)26-18-27(21-34-20-26)31(38)36-44(41,29-10-4-3-5-11-29)17-7-14-37-15-12-25(22-37)33(40)42-2/h3-6,8-10,13,16,18-21,25,29H,7,11-12,14-15,17,22H2,1-2H3,(H,35,39)/t25?,29?,44-/m0/s1. The fourth-order valence-electron chi connectivity index (χ4n) is 5.46. The molecule has 3 atom stereocenters. The van der Waals surface area contributed by atoms with Crippen LogP contribution in [0.15, 0.2) is 88.1 Å². The van der Waals surface area contributed by atoms with E-state index in [4.69, 9.17) is 9.15 Å². The number of allylic oxidation sites excluding steroid dienone is 3. The quantitative estimate of drug-likeness (QED) is 0.305. The minimum Gasteiger partial charge on any atom is -0.469 e. The Bertz CT molecular complexity index is 1720. The number of ether oxygens (including phenoxy) is 1. The van der Waals surface area contributed by atoms with E-state index in [1.54, 1.807) is 43.5 Å². The average molecular weight is 617 g/mol. The average Bonchev–Trinajstić information content (AvgIpc) is 3.70. The van der Waals surface area contributed by atoms with Crippen LogP contribution in [-0.2, 0) is 19.3 Å². The molecule has 1 saturated heterocycles. The van der Waals surface area contributed by atoms with Gasteiger partial charge in [-0.05, 0) is 69.1 Å². The molecule has 0 spiro atoms. The lowest BCUT2D eigenvalue weighted by Gasteiger charge is -2.21. The highest BCUT2D eigenvalue weighted by molar-refractivity contribution is 7.94. The number of benzene rings is 1.